The van der Waals surface area contributed by atoms with E-state index in [4.69, 9.17) is 24.9 Å². The zero-order valence-corrected chi connectivity index (χ0v) is 21.3. The number of carbonyl (C=O) groups is 2. The van der Waals surface area contributed by atoms with E-state index in [2.05, 4.69) is 5.32 Å². The summed E-state index contributed by atoms with van der Waals surface area (Å²) in [4.78, 5) is 30.0. The van der Waals surface area contributed by atoms with Gasteiger partial charge in [0.05, 0.1) is 7.11 Å². The highest BCUT2D eigenvalue weighted by Crippen LogP contribution is 2.45. The number of rotatable bonds is 10. The summed E-state index contributed by atoms with van der Waals surface area (Å²) in [5, 5.41) is 2.88. The molecular weight excluding hydrogens is 496 g/mol. The molecule has 1 aromatic heterocycles. The van der Waals surface area contributed by atoms with Gasteiger partial charge in [-0.3, -0.25) is 9.59 Å². The molecule has 2 atom stereocenters. The lowest BCUT2D eigenvalue weighted by Gasteiger charge is -2.20. The van der Waals surface area contributed by atoms with E-state index >= 15 is 0 Å². The maximum atomic E-state index is 13.6. The van der Waals surface area contributed by atoms with Crippen LogP contribution in [0.2, 0.25) is 0 Å². The quantitative estimate of drug-likeness (QED) is 0.415. The molecule has 38 heavy (non-hydrogen) atoms. The Morgan fingerprint density at radius 1 is 1.18 bits per heavy atom. The number of primary amides is 1. The van der Waals surface area contributed by atoms with Gasteiger partial charge in [-0.2, -0.15) is 0 Å². The number of halogens is 2. The van der Waals surface area contributed by atoms with Crippen LogP contribution in [0.3, 0.4) is 0 Å². The Bertz CT molecular complexity index is 1350. The molecule has 0 saturated heterocycles. The number of amides is 2. The highest BCUT2D eigenvalue weighted by atomic mass is 19.1. The summed E-state index contributed by atoms with van der Waals surface area (Å²) in [5.74, 6) is -0.460. The van der Waals surface area contributed by atoms with Crippen LogP contribution in [0.4, 0.5) is 8.78 Å². The molecular formula is C28H29F2N3O5. The van der Waals surface area contributed by atoms with Crippen LogP contribution in [0.25, 0.3) is 11.3 Å². The SMILES string of the molecule is COc1cc(C(=O)NC[C@@H](C)c2cc3c(c(-c4ccc(F)cc4)n2)OC[C@]3(C)C(N)=O)ccc1OCCF. The first-order valence-electron chi connectivity index (χ1n) is 12.1. The summed E-state index contributed by atoms with van der Waals surface area (Å²) in [6.07, 6.45) is 0. The van der Waals surface area contributed by atoms with Crippen LogP contribution in [0.15, 0.2) is 48.5 Å². The number of hydrogen-bond donors (Lipinski definition) is 2. The van der Waals surface area contributed by atoms with Crippen molar-refractivity contribution in [2.24, 2.45) is 5.73 Å². The Morgan fingerprint density at radius 3 is 2.58 bits per heavy atom. The Labute approximate surface area is 219 Å². The van der Waals surface area contributed by atoms with Gasteiger partial charge < -0.3 is 25.3 Å². The number of pyridine rings is 1. The van der Waals surface area contributed by atoms with E-state index < -0.39 is 18.0 Å². The molecule has 0 spiro atoms. The highest BCUT2D eigenvalue weighted by molar-refractivity contribution is 5.95. The molecule has 1 aliphatic heterocycles. The molecule has 1 aliphatic rings. The van der Waals surface area contributed by atoms with Crippen molar-refractivity contribution in [2.75, 3.05) is 33.5 Å². The van der Waals surface area contributed by atoms with Gasteiger partial charge in [-0.1, -0.05) is 6.92 Å². The Hall–Kier alpha value is -4.21. The first-order chi connectivity index (χ1) is 18.2. The number of methoxy groups -OCH3 is 1. The summed E-state index contributed by atoms with van der Waals surface area (Å²) < 4.78 is 42.4. The zero-order chi connectivity index (χ0) is 27.4. The fraction of sp³-hybridized carbons (Fsp3) is 0.321. The Kier molecular flexibility index (Phi) is 7.80. The van der Waals surface area contributed by atoms with E-state index in [1.165, 1.54) is 25.3 Å². The first kappa shape index (κ1) is 26.8. The van der Waals surface area contributed by atoms with Crippen LogP contribution in [0.5, 0.6) is 17.2 Å². The molecule has 0 radical (unpaired) electrons. The van der Waals surface area contributed by atoms with Crippen molar-refractivity contribution < 1.29 is 32.6 Å². The highest BCUT2D eigenvalue weighted by Gasteiger charge is 2.44. The van der Waals surface area contributed by atoms with Crippen molar-refractivity contribution in [1.29, 1.82) is 0 Å². The van der Waals surface area contributed by atoms with Gasteiger partial charge in [0.2, 0.25) is 5.91 Å². The van der Waals surface area contributed by atoms with Gasteiger partial charge in [-0.15, -0.1) is 0 Å². The van der Waals surface area contributed by atoms with Crippen molar-refractivity contribution in [3.05, 3.63) is 71.2 Å². The summed E-state index contributed by atoms with van der Waals surface area (Å²) in [5.41, 5.74) is 7.29. The molecule has 2 heterocycles. The number of carbonyl (C=O) groups excluding carboxylic acids is 2. The first-order valence-corrected chi connectivity index (χ1v) is 12.1. The lowest BCUT2D eigenvalue weighted by atomic mass is 9.82. The molecule has 8 nitrogen and oxygen atoms in total. The Morgan fingerprint density at radius 2 is 1.92 bits per heavy atom. The number of alkyl halides is 1. The normalized spacial score (nSPS) is 16.8. The van der Waals surface area contributed by atoms with E-state index in [1.807, 2.05) is 6.92 Å². The van der Waals surface area contributed by atoms with Crippen LogP contribution in [0.1, 0.15) is 41.4 Å². The molecule has 10 heteroatoms. The van der Waals surface area contributed by atoms with Gasteiger partial charge in [0.15, 0.2) is 11.5 Å². The maximum absolute atomic E-state index is 13.6. The average Bonchev–Trinajstić information content (AvgIpc) is 3.28. The predicted molar refractivity (Wildman–Crippen MR) is 137 cm³/mol. The van der Waals surface area contributed by atoms with E-state index in [0.29, 0.717) is 45.3 Å². The molecule has 4 rings (SSSR count). The second-order valence-corrected chi connectivity index (χ2v) is 9.28. The molecule has 0 bridgehead atoms. The second kappa shape index (κ2) is 11.0. The van der Waals surface area contributed by atoms with Crippen LogP contribution >= 0.6 is 0 Å². The summed E-state index contributed by atoms with van der Waals surface area (Å²) in [6.45, 7) is 3.12. The standard InChI is InChI=1S/C28H29F2N3O5/c1-16(14-32-26(34)18-6-9-22(37-11-10-29)23(12-18)36-3)21-13-20-25(38-15-28(20,2)27(31)35)24(33-21)17-4-7-19(30)8-5-17/h4-9,12-13,16H,10-11,14-15H2,1-3H3,(H2,31,35)(H,32,34)/t16-,28+/m1/s1. The lowest BCUT2D eigenvalue weighted by molar-refractivity contribution is -0.123. The predicted octanol–water partition coefficient (Wildman–Crippen LogP) is 3.91. The van der Waals surface area contributed by atoms with Crippen molar-refractivity contribution in [1.82, 2.24) is 10.3 Å². The maximum Gasteiger partial charge on any atom is 0.251 e. The number of nitrogens with one attached hydrogen (secondary N) is 1. The Balaban J connectivity index is 1.59. The van der Waals surface area contributed by atoms with Crippen molar-refractivity contribution in [3.8, 4) is 28.5 Å². The third-order valence-electron chi connectivity index (χ3n) is 6.59. The number of fused-ring (bicyclic) bond motifs is 1. The molecule has 3 aromatic rings. The minimum absolute atomic E-state index is 0.0645. The third kappa shape index (κ3) is 5.25. The molecule has 0 aliphatic carbocycles. The van der Waals surface area contributed by atoms with Gasteiger partial charge in [0.25, 0.3) is 5.91 Å². The van der Waals surface area contributed by atoms with Crippen LogP contribution in [-0.4, -0.2) is 50.3 Å². The molecule has 3 N–H and O–H groups in total. The molecule has 2 aromatic carbocycles. The molecule has 0 saturated carbocycles. The number of benzene rings is 2. The molecule has 0 unspecified atom stereocenters. The fourth-order valence-electron chi connectivity index (χ4n) is 4.19. The topological polar surface area (TPSA) is 113 Å². The zero-order valence-electron chi connectivity index (χ0n) is 21.3. The van der Waals surface area contributed by atoms with Gasteiger partial charge in [0, 0.05) is 34.8 Å². The van der Waals surface area contributed by atoms with Crippen molar-refractivity contribution in [2.45, 2.75) is 25.2 Å². The van der Waals surface area contributed by atoms with Crippen LogP contribution < -0.4 is 25.3 Å². The smallest absolute Gasteiger partial charge is 0.251 e. The molecule has 200 valence electrons. The average molecular weight is 526 g/mol. The van der Waals surface area contributed by atoms with Gasteiger partial charge in [-0.25, -0.2) is 13.8 Å². The number of ether oxygens (including phenoxy) is 3. The number of nitrogens with two attached hydrogens (primary N) is 1. The van der Waals surface area contributed by atoms with Crippen LogP contribution in [0, 0.1) is 5.82 Å². The van der Waals surface area contributed by atoms with Crippen LogP contribution in [-0.2, 0) is 10.2 Å². The number of aromatic nitrogens is 1. The largest absolute Gasteiger partial charge is 0.493 e. The second-order valence-electron chi connectivity index (χ2n) is 9.28. The van der Waals surface area contributed by atoms with E-state index in [-0.39, 0.29) is 37.4 Å². The monoisotopic (exact) mass is 525 g/mol. The molecule has 0 fully saturated rings. The minimum Gasteiger partial charge on any atom is -0.493 e. The van der Waals surface area contributed by atoms with Crippen molar-refractivity contribution >= 4 is 11.8 Å². The number of nitrogens with zero attached hydrogens (tertiary/aromatic N) is 1. The van der Waals surface area contributed by atoms with E-state index in [1.54, 1.807) is 37.3 Å². The van der Waals surface area contributed by atoms with Gasteiger partial charge in [0.1, 0.15) is 42.6 Å². The third-order valence-corrected chi connectivity index (χ3v) is 6.59. The van der Waals surface area contributed by atoms with E-state index in [9.17, 15) is 18.4 Å². The minimum atomic E-state index is -1.06. The lowest BCUT2D eigenvalue weighted by Crippen LogP contribution is -2.39. The van der Waals surface area contributed by atoms with Crippen molar-refractivity contribution in [3.63, 3.8) is 0 Å². The van der Waals surface area contributed by atoms with Gasteiger partial charge in [-0.05, 0) is 55.5 Å². The van der Waals surface area contributed by atoms with E-state index in [0.717, 1.165) is 0 Å². The summed E-state index contributed by atoms with van der Waals surface area (Å²) in [7, 11) is 1.43. The number of hydrogen-bond acceptors (Lipinski definition) is 6. The van der Waals surface area contributed by atoms with Gasteiger partial charge >= 0.3 is 0 Å². The summed E-state index contributed by atoms with van der Waals surface area (Å²) in [6, 6.07) is 12.2. The molecule has 2 amide bonds. The summed E-state index contributed by atoms with van der Waals surface area (Å²) >= 11 is 0. The fourth-order valence-corrected chi connectivity index (χ4v) is 4.19.